The lowest BCUT2D eigenvalue weighted by molar-refractivity contribution is 0.762. The van der Waals surface area contributed by atoms with Gasteiger partial charge in [-0.3, -0.25) is 4.57 Å². The van der Waals surface area contributed by atoms with E-state index in [1.165, 1.54) is 16.3 Å². The summed E-state index contributed by atoms with van der Waals surface area (Å²) in [6, 6.07) is 2.13. The van der Waals surface area contributed by atoms with Crippen molar-refractivity contribution in [2.24, 2.45) is 7.05 Å². The fraction of sp³-hybridized carbons (Fsp3) is 0.571. The quantitative estimate of drug-likeness (QED) is 0.718. The number of nitrogens with zero attached hydrogens (tertiary/aromatic N) is 3. The van der Waals surface area contributed by atoms with E-state index in [-0.39, 0.29) is 10.9 Å². The molecule has 0 saturated heterocycles. The van der Waals surface area contributed by atoms with Gasteiger partial charge in [-0.2, -0.15) is 5.26 Å². The van der Waals surface area contributed by atoms with Gasteiger partial charge < -0.3 is 0 Å². The Kier molecular flexibility index (Phi) is 3.14. The van der Waals surface area contributed by atoms with Gasteiger partial charge in [-0.05, 0) is 6.42 Å². The molecule has 1 aromatic rings. The predicted molar refractivity (Wildman–Crippen MR) is 49.4 cm³/mol. The smallest absolute Gasteiger partial charge is 0.273 e. The van der Waals surface area contributed by atoms with Gasteiger partial charge in [0.25, 0.3) is 0 Å². The van der Waals surface area contributed by atoms with E-state index in [2.05, 4.69) is 16.3 Å². The van der Waals surface area contributed by atoms with E-state index < -0.39 is 0 Å². The SMILES string of the molecule is CCC(C#N)Sc1n[nH]c(=O)n1C. The highest BCUT2D eigenvalue weighted by molar-refractivity contribution is 8.00. The van der Waals surface area contributed by atoms with E-state index >= 15 is 0 Å². The zero-order valence-electron chi connectivity index (χ0n) is 7.44. The van der Waals surface area contributed by atoms with Crippen LogP contribution in [0.4, 0.5) is 0 Å². The first kappa shape index (κ1) is 9.86. The summed E-state index contributed by atoms with van der Waals surface area (Å²) in [6.07, 6.45) is 0.738. The first-order valence-corrected chi connectivity index (χ1v) is 4.74. The Labute approximate surface area is 79.8 Å². The number of aromatic amines is 1. The lowest BCUT2D eigenvalue weighted by Gasteiger charge is -2.02. The third-order valence-electron chi connectivity index (χ3n) is 1.60. The second-order valence-electron chi connectivity index (χ2n) is 2.51. The molecule has 5 nitrogen and oxygen atoms in total. The fourth-order valence-electron chi connectivity index (χ4n) is 0.766. The second-order valence-corrected chi connectivity index (χ2v) is 3.68. The molecule has 1 unspecified atom stereocenters. The van der Waals surface area contributed by atoms with Crippen LogP contribution in [-0.2, 0) is 7.05 Å². The molecule has 0 aliphatic rings. The van der Waals surface area contributed by atoms with Crippen LogP contribution >= 0.6 is 11.8 Å². The summed E-state index contributed by atoms with van der Waals surface area (Å²) >= 11 is 1.30. The monoisotopic (exact) mass is 198 g/mol. The number of hydrogen-bond donors (Lipinski definition) is 1. The number of nitriles is 1. The lowest BCUT2D eigenvalue weighted by Crippen LogP contribution is -2.13. The van der Waals surface area contributed by atoms with Crippen LogP contribution in [0, 0.1) is 11.3 Å². The van der Waals surface area contributed by atoms with E-state index in [1.54, 1.807) is 7.05 Å². The third-order valence-corrected chi connectivity index (χ3v) is 2.90. The highest BCUT2D eigenvalue weighted by Crippen LogP contribution is 2.20. The predicted octanol–water partition coefficient (Wildman–Crippen LogP) is 0.503. The summed E-state index contributed by atoms with van der Waals surface area (Å²) < 4.78 is 1.39. The molecule has 6 heteroatoms. The summed E-state index contributed by atoms with van der Waals surface area (Å²) in [7, 11) is 1.62. The molecular weight excluding hydrogens is 188 g/mol. The number of H-pyrrole nitrogens is 1. The van der Waals surface area contributed by atoms with Gasteiger partial charge in [-0.1, -0.05) is 18.7 Å². The molecule has 0 radical (unpaired) electrons. The Hall–Kier alpha value is -1.22. The van der Waals surface area contributed by atoms with Gasteiger partial charge in [0.15, 0.2) is 5.16 Å². The standard InChI is InChI=1S/C7H10N4OS/c1-3-5(4-8)13-7-10-9-6(12)11(7)2/h5H,3H2,1-2H3,(H,9,12). The molecule has 0 aliphatic carbocycles. The van der Waals surface area contributed by atoms with Crippen molar-refractivity contribution in [3.05, 3.63) is 10.5 Å². The minimum absolute atomic E-state index is 0.145. The van der Waals surface area contributed by atoms with Gasteiger partial charge in [0, 0.05) is 7.05 Å². The summed E-state index contributed by atoms with van der Waals surface area (Å²) in [5, 5.41) is 15.2. The Balaban J connectivity index is 2.81. The highest BCUT2D eigenvalue weighted by Gasteiger charge is 2.11. The van der Waals surface area contributed by atoms with Crippen molar-refractivity contribution in [2.45, 2.75) is 23.8 Å². The van der Waals surface area contributed by atoms with Crippen LogP contribution in [0.3, 0.4) is 0 Å². The summed E-state index contributed by atoms with van der Waals surface area (Å²) in [5.41, 5.74) is -0.254. The second kappa shape index (κ2) is 4.14. The molecule has 0 amide bonds. The van der Waals surface area contributed by atoms with E-state index in [0.717, 1.165) is 6.42 Å². The van der Waals surface area contributed by atoms with Crippen molar-refractivity contribution in [2.75, 3.05) is 0 Å². The van der Waals surface area contributed by atoms with Crippen molar-refractivity contribution < 1.29 is 0 Å². The molecule has 1 rings (SSSR count). The zero-order chi connectivity index (χ0) is 9.84. The molecule has 0 aromatic carbocycles. The van der Waals surface area contributed by atoms with Crippen molar-refractivity contribution in [3.63, 3.8) is 0 Å². The van der Waals surface area contributed by atoms with Crippen molar-refractivity contribution in [3.8, 4) is 6.07 Å². The van der Waals surface area contributed by atoms with E-state index in [4.69, 9.17) is 5.26 Å². The molecule has 1 aromatic heterocycles. The van der Waals surface area contributed by atoms with Crippen molar-refractivity contribution in [1.29, 1.82) is 5.26 Å². The Morgan fingerprint density at radius 3 is 2.92 bits per heavy atom. The first-order chi connectivity index (χ1) is 6.19. The highest BCUT2D eigenvalue weighted by atomic mass is 32.2. The molecule has 0 spiro atoms. The lowest BCUT2D eigenvalue weighted by atomic mass is 10.4. The average molecular weight is 198 g/mol. The van der Waals surface area contributed by atoms with Crippen molar-refractivity contribution in [1.82, 2.24) is 14.8 Å². The molecular formula is C7H10N4OS. The number of hydrogen-bond acceptors (Lipinski definition) is 4. The molecule has 0 fully saturated rings. The summed E-state index contributed by atoms with van der Waals surface area (Å²) in [5.74, 6) is 0. The van der Waals surface area contributed by atoms with Crippen LogP contribution in [0.1, 0.15) is 13.3 Å². The maximum atomic E-state index is 10.9. The van der Waals surface area contributed by atoms with E-state index in [1.807, 2.05) is 6.92 Å². The summed E-state index contributed by atoms with van der Waals surface area (Å²) in [6.45, 7) is 1.92. The van der Waals surface area contributed by atoms with Gasteiger partial charge in [0.05, 0.1) is 11.3 Å². The van der Waals surface area contributed by atoms with Crippen LogP contribution in [0.15, 0.2) is 9.95 Å². The number of thioether (sulfide) groups is 1. The van der Waals surface area contributed by atoms with Gasteiger partial charge in [0.2, 0.25) is 0 Å². The topological polar surface area (TPSA) is 74.5 Å². The normalized spacial score (nSPS) is 12.4. The zero-order valence-corrected chi connectivity index (χ0v) is 8.26. The number of nitrogens with one attached hydrogen (secondary N) is 1. The number of aromatic nitrogens is 3. The van der Waals surface area contributed by atoms with Crippen molar-refractivity contribution >= 4 is 11.8 Å². The Bertz CT molecular complexity index is 375. The average Bonchev–Trinajstić information content (AvgIpc) is 2.45. The fourth-order valence-corrected chi connectivity index (χ4v) is 1.58. The van der Waals surface area contributed by atoms with E-state index in [9.17, 15) is 4.79 Å². The summed E-state index contributed by atoms with van der Waals surface area (Å²) in [4.78, 5) is 10.9. The maximum Gasteiger partial charge on any atom is 0.343 e. The Morgan fingerprint density at radius 2 is 2.54 bits per heavy atom. The van der Waals surface area contributed by atoms with Gasteiger partial charge in [-0.15, -0.1) is 5.10 Å². The van der Waals surface area contributed by atoms with Crippen LogP contribution in [0.2, 0.25) is 0 Å². The maximum absolute atomic E-state index is 10.9. The molecule has 0 aliphatic heterocycles. The molecule has 1 N–H and O–H groups in total. The molecule has 1 heterocycles. The van der Waals surface area contributed by atoms with Gasteiger partial charge in [0.1, 0.15) is 0 Å². The van der Waals surface area contributed by atoms with Crippen LogP contribution in [0.5, 0.6) is 0 Å². The van der Waals surface area contributed by atoms with Gasteiger partial charge in [-0.25, -0.2) is 9.89 Å². The first-order valence-electron chi connectivity index (χ1n) is 3.86. The minimum Gasteiger partial charge on any atom is -0.273 e. The van der Waals surface area contributed by atoms with Gasteiger partial charge >= 0.3 is 5.69 Å². The Morgan fingerprint density at radius 1 is 1.85 bits per heavy atom. The third kappa shape index (κ3) is 2.12. The largest absolute Gasteiger partial charge is 0.343 e. The molecule has 0 saturated carbocycles. The minimum atomic E-state index is -0.254. The molecule has 13 heavy (non-hydrogen) atoms. The molecule has 70 valence electrons. The van der Waals surface area contributed by atoms with Crippen LogP contribution < -0.4 is 5.69 Å². The van der Waals surface area contributed by atoms with Crippen LogP contribution in [0.25, 0.3) is 0 Å². The molecule has 0 bridgehead atoms. The van der Waals surface area contributed by atoms with E-state index in [0.29, 0.717) is 5.16 Å². The van der Waals surface area contributed by atoms with Crippen LogP contribution in [-0.4, -0.2) is 20.0 Å². The molecule has 1 atom stereocenters. The number of rotatable bonds is 3.